The lowest BCUT2D eigenvalue weighted by Crippen LogP contribution is -2.37. The molecule has 5 heteroatoms. The summed E-state index contributed by atoms with van der Waals surface area (Å²) in [6.07, 6.45) is 1.63. The normalized spacial score (nSPS) is 14.6. The zero-order chi connectivity index (χ0) is 13.8. The standard InChI is InChI=1S/C13H22N4O/c1-9(13(2,3)4)16-8-10-6-5-7-15-11(10)12(14)17-18/h5-7,9,16,18H,8H2,1-4H3,(H2,14,17). The van der Waals surface area contributed by atoms with E-state index in [2.05, 4.69) is 43.2 Å². The average Bonchev–Trinajstić information content (AvgIpc) is 2.34. The van der Waals surface area contributed by atoms with Gasteiger partial charge in [-0.2, -0.15) is 0 Å². The molecule has 18 heavy (non-hydrogen) atoms. The molecular weight excluding hydrogens is 228 g/mol. The van der Waals surface area contributed by atoms with E-state index in [0.29, 0.717) is 18.3 Å². The molecule has 1 aromatic rings. The van der Waals surface area contributed by atoms with Crippen LogP contribution < -0.4 is 11.1 Å². The molecule has 0 aromatic carbocycles. The molecule has 1 rings (SSSR count). The van der Waals surface area contributed by atoms with Gasteiger partial charge >= 0.3 is 0 Å². The van der Waals surface area contributed by atoms with Gasteiger partial charge in [-0.1, -0.05) is 32.0 Å². The van der Waals surface area contributed by atoms with Crippen molar-refractivity contribution in [3.63, 3.8) is 0 Å². The van der Waals surface area contributed by atoms with Crippen molar-refractivity contribution >= 4 is 5.84 Å². The lowest BCUT2D eigenvalue weighted by molar-refractivity contribution is 0.285. The van der Waals surface area contributed by atoms with Crippen LogP contribution in [-0.2, 0) is 6.54 Å². The maximum atomic E-state index is 8.72. The highest BCUT2D eigenvalue weighted by molar-refractivity contribution is 5.96. The summed E-state index contributed by atoms with van der Waals surface area (Å²) in [4.78, 5) is 4.13. The first kappa shape index (κ1) is 14.4. The third kappa shape index (κ3) is 3.70. The van der Waals surface area contributed by atoms with E-state index in [4.69, 9.17) is 10.9 Å². The first-order valence-corrected chi connectivity index (χ1v) is 6.01. The van der Waals surface area contributed by atoms with Crippen LogP contribution in [0.1, 0.15) is 39.0 Å². The predicted molar refractivity (Wildman–Crippen MR) is 72.5 cm³/mol. The summed E-state index contributed by atoms with van der Waals surface area (Å²) in [5.74, 6) is 0.0378. The number of nitrogens with two attached hydrogens (primary N) is 1. The lowest BCUT2D eigenvalue weighted by Gasteiger charge is -2.28. The molecule has 1 unspecified atom stereocenters. The second kappa shape index (κ2) is 5.82. The van der Waals surface area contributed by atoms with Gasteiger partial charge in [0.1, 0.15) is 5.69 Å². The molecule has 0 aliphatic heterocycles. The number of hydrogen-bond acceptors (Lipinski definition) is 4. The van der Waals surface area contributed by atoms with E-state index in [1.54, 1.807) is 6.20 Å². The van der Waals surface area contributed by atoms with Crippen molar-refractivity contribution in [2.75, 3.05) is 0 Å². The number of nitrogens with zero attached hydrogens (tertiary/aromatic N) is 2. The zero-order valence-corrected chi connectivity index (χ0v) is 11.4. The minimum atomic E-state index is 0.0378. The number of pyridine rings is 1. The Labute approximate surface area is 108 Å². The van der Waals surface area contributed by atoms with Gasteiger partial charge in [-0.15, -0.1) is 0 Å². The molecule has 0 spiro atoms. The van der Waals surface area contributed by atoms with Crippen molar-refractivity contribution in [1.29, 1.82) is 0 Å². The van der Waals surface area contributed by atoms with Crippen LogP contribution >= 0.6 is 0 Å². The van der Waals surface area contributed by atoms with Gasteiger partial charge in [-0.3, -0.25) is 4.98 Å². The summed E-state index contributed by atoms with van der Waals surface area (Å²) >= 11 is 0. The van der Waals surface area contributed by atoms with E-state index in [-0.39, 0.29) is 11.3 Å². The van der Waals surface area contributed by atoms with E-state index in [9.17, 15) is 0 Å². The second-order valence-corrected chi connectivity index (χ2v) is 5.46. The highest BCUT2D eigenvalue weighted by Gasteiger charge is 2.19. The minimum absolute atomic E-state index is 0.0378. The summed E-state index contributed by atoms with van der Waals surface area (Å²) < 4.78 is 0. The molecule has 0 radical (unpaired) electrons. The molecule has 1 aromatic heterocycles. The monoisotopic (exact) mass is 250 g/mol. The van der Waals surface area contributed by atoms with Crippen LogP contribution in [0, 0.1) is 5.41 Å². The first-order valence-electron chi connectivity index (χ1n) is 6.01. The summed E-state index contributed by atoms with van der Waals surface area (Å²) in [6.45, 7) is 9.31. The minimum Gasteiger partial charge on any atom is -0.409 e. The fourth-order valence-corrected chi connectivity index (χ4v) is 1.43. The maximum absolute atomic E-state index is 8.72. The van der Waals surface area contributed by atoms with Gasteiger partial charge in [0.25, 0.3) is 0 Å². The molecule has 100 valence electrons. The number of aromatic nitrogens is 1. The van der Waals surface area contributed by atoms with Crippen molar-refractivity contribution in [2.45, 2.75) is 40.3 Å². The highest BCUT2D eigenvalue weighted by Crippen LogP contribution is 2.19. The van der Waals surface area contributed by atoms with E-state index in [0.717, 1.165) is 5.56 Å². The van der Waals surface area contributed by atoms with Gasteiger partial charge in [0, 0.05) is 18.8 Å². The van der Waals surface area contributed by atoms with Gasteiger partial charge in [0.15, 0.2) is 5.84 Å². The molecule has 1 heterocycles. The Morgan fingerprint density at radius 2 is 2.22 bits per heavy atom. The second-order valence-electron chi connectivity index (χ2n) is 5.46. The molecule has 0 saturated heterocycles. The van der Waals surface area contributed by atoms with Crippen LogP contribution in [0.3, 0.4) is 0 Å². The quantitative estimate of drug-likeness (QED) is 0.329. The average molecular weight is 250 g/mol. The molecule has 0 saturated carbocycles. The smallest absolute Gasteiger partial charge is 0.189 e. The summed E-state index contributed by atoms with van der Waals surface area (Å²) in [5.41, 5.74) is 7.22. The topological polar surface area (TPSA) is 83.5 Å². The van der Waals surface area contributed by atoms with Crippen LogP contribution in [0.4, 0.5) is 0 Å². The summed E-state index contributed by atoms with van der Waals surface area (Å²) in [5, 5.41) is 15.1. The molecule has 1 atom stereocenters. The van der Waals surface area contributed by atoms with Crippen LogP contribution in [0.2, 0.25) is 0 Å². The van der Waals surface area contributed by atoms with E-state index in [1.807, 2.05) is 12.1 Å². The van der Waals surface area contributed by atoms with Crippen molar-refractivity contribution in [3.8, 4) is 0 Å². The number of hydrogen-bond donors (Lipinski definition) is 3. The largest absolute Gasteiger partial charge is 0.409 e. The Balaban J connectivity index is 2.80. The van der Waals surface area contributed by atoms with Gasteiger partial charge in [0.2, 0.25) is 0 Å². The van der Waals surface area contributed by atoms with E-state index < -0.39 is 0 Å². The number of amidine groups is 1. The Morgan fingerprint density at radius 3 is 2.78 bits per heavy atom. The summed E-state index contributed by atoms with van der Waals surface area (Å²) in [6, 6.07) is 4.10. The van der Waals surface area contributed by atoms with Crippen molar-refractivity contribution in [2.24, 2.45) is 16.3 Å². The number of nitrogens with one attached hydrogen (secondary N) is 1. The molecule has 5 nitrogen and oxygen atoms in total. The molecule has 4 N–H and O–H groups in total. The lowest BCUT2D eigenvalue weighted by atomic mass is 9.88. The number of rotatable bonds is 4. The van der Waals surface area contributed by atoms with Crippen molar-refractivity contribution in [1.82, 2.24) is 10.3 Å². The van der Waals surface area contributed by atoms with Crippen LogP contribution in [0.15, 0.2) is 23.5 Å². The molecule has 0 fully saturated rings. The maximum Gasteiger partial charge on any atom is 0.189 e. The molecule has 0 aliphatic carbocycles. The molecule has 0 aliphatic rings. The van der Waals surface area contributed by atoms with Gasteiger partial charge < -0.3 is 16.3 Å². The highest BCUT2D eigenvalue weighted by atomic mass is 16.4. The van der Waals surface area contributed by atoms with Crippen LogP contribution in [-0.4, -0.2) is 22.1 Å². The Bertz CT molecular complexity index is 423. The Morgan fingerprint density at radius 1 is 1.56 bits per heavy atom. The van der Waals surface area contributed by atoms with Crippen LogP contribution in [0.5, 0.6) is 0 Å². The molecule has 0 bridgehead atoms. The number of oxime groups is 1. The van der Waals surface area contributed by atoms with Gasteiger partial charge in [0.05, 0.1) is 0 Å². The third-order valence-corrected chi connectivity index (χ3v) is 3.14. The van der Waals surface area contributed by atoms with Gasteiger partial charge in [-0.25, -0.2) is 0 Å². The third-order valence-electron chi connectivity index (χ3n) is 3.14. The van der Waals surface area contributed by atoms with Crippen molar-refractivity contribution < 1.29 is 5.21 Å². The predicted octanol–water partition coefficient (Wildman–Crippen LogP) is 1.70. The first-order chi connectivity index (χ1) is 8.36. The summed E-state index contributed by atoms with van der Waals surface area (Å²) in [7, 11) is 0. The SMILES string of the molecule is CC(NCc1cccnc1/C(N)=N/O)C(C)(C)C. The molecular formula is C13H22N4O. The van der Waals surface area contributed by atoms with Crippen LogP contribution in [0.25, 0.3) is 0 Å². The van der Waals surface area contributed by atoms with Gasteiger partial charge in [-0.05, 0) is 24.0 Å². The molecule has 0 amide bonds. The fraction of sp³-hybridized carbons (Fsp3) is 0.538. The van der Waals surface area contributed by atoms with E-state index in [1.165, 1.54) is 0 Å². The zero-order valence-electron chi connectivity index (χ0n) is 11.4. The Kier molecular flexibility index (Phi) is 4.67. The van der Waals surface area contributed by atoms with E-state index >= 15 is 0 Å². The fourth-order valence-electron chi connectivity index (χ4n) is 1.43. The Hall–Kier alpha value is -1.62. The van der Waals surface area contributed by atoms with Crippen molar-refractivity contribution in [3.05, 3.63) is 29.6 Å².